The average Bonchev–Trinajstić information content (AvgIpc) is 2.88. The van der Waals surface area contributed by atoms with Gasteiger partial charge in [-0.25, -0.2) is 13.4 Å². The zero-order valence-corrected chi connectivity index (χ0v) is 12.8. The molecule has 0 N–H and O–H groups in total. The van der Waals surface area contributed by atoms with E-state index in [9.17, 15) is 13.2 Å². The fourth-order valence-electron chi connectivity index (χ4n) is 2.62. The third-order valence-corrected chi connectivity index (χ3v) is 4.68. The van der Waals surface area contributed by atoms with Gasteiger partial charge in [0.25, 0.3) is 0 Å². The van der Waals surface area contributed by atoms with Gasteiger partial charge in [0.15, 0.2) is 11.5 Å². The highest BCUT2D eigenvalue weighted by atomic mass is 35.7. The van der Waals surface area contributed by atoms with Gasteiger partial charge in [-0.1, -0.05) is 0 Å². The summed E-state index contributed by atoms with van der Waals surface area (Å²) < 4.78 is 27.7. The monoisotopic (exact) mass is 328 g/mol. The van der Waals surface area contributed by atoms with Gasteiger partial charge in [0.2, 0.25) is 15.0 Å². The van der Waals surface area contributed by atoms with E-state index in [1.807, 2.05) is 0 Å². The number of oxazole rings is 1. The number of aryl methyl sites for hydroxylation is 1. The molecule has 1 saturated heterocycles. The smallest absolute Gasteiger partial charge is 0.232 e. The van der Waals surface area contributed by atoms with E-state index >= 15 is 0 Å². The van der Waals surface area contributed by atoms with Crippen molar-refractivity contribution in [2.24, 2.45) is 5.92 Å². The minimum absolute atomic E-state index is 0.115. The molecule has 1 amide bonds. The maximum Gasteiger partial charge on any atom is 0.232 e. The van der Waals surface area contributed by atoms with Gasteiger partial charge in [-0.3, -0.25) is 4.79 Å². The number of hydrogen-bond donors (Lipinski definition) is 0. The van der Waals surface area contributed by atoms with E-state index in [0.29, 0.717) is 23.7 Å². The molecule has 112 valence electrons. The van der Waals surface area contributed by atoms with E-state index in [4.69, 9.17) is 15.1 Å². The van der Waals surface area contributed by atoms with Gasteiger partial charge in [-0.15, -0.1) is 0 Å². The maximum atomic E-state index is 12.1. The van der Waals surface area contributed by atoms with Crippen LogP contribution in [-0.4, -0.2) is 31.6 Å². The van der Waals surface area contributed by atoms with Crippen LogP contribution in [0.3, 0.4) is 0 Å². The second kappa shape index (κ2) is 4.99. The van der Waals surface area contributed by atoms with Gasteiger partial charge in [0.1, 0.15) is 5.52 Å². The topological polar surface area (TPSA) is 80.5 Å². The summed E-state index contributed by atoms with van der Waals surface area (Å²) in [4.78, 5) is 17.8. The van der Waals surface area contributed by atoms with Crippen molar-refractivity contribution in [3.8, 4) is 0 Å². The van der Waals surface area contributed by atoms with Gasteiger partial charge >= 0.3 is 0 Å². The Labute approximate surface area is 126 Å². The molecule has 0 bridgehead atoms. The van der Waals surface area contributed by atoms with Crippen LogP contribution in [0.4, 0.5) is 5.69 Å². The first-order chi connectivity index (χ1) is 9.82. The lowest BCUT2D eigenvalue weighted by atomic mass is 10.1. The van der Waals surface area contributed by atoms with E-state index < -0.39 is 9.05 Å². The number of amides is 1. The van der Waals surface area contributed by atoms with Gasteiger partial charge in [0, 0.05) is 48.2 Å². The molecule has 0 radical (unpaired) electrons. The van der Waals surface area contributed by atoms with Gasteiger partial charge in [-0.05, 0) is 12.1 Å². The van der Waals surface area contributed by atoms with Crippen LogP contribution < -0.4 is 4.90 Å². The highest BCUT2D eigenvalue weighted by molar-refractivity contribution is 8.13. The Morgan fingerprint density at radius 2 is 2.24 bits per heavy atom. The van der Waals surface area contributed by atoms with E-state index in [1.54, 1.807) is 30.0 Å². The van der Waals surface area contributed by atoms with Crippen molar-refractivity contribution in [2.75, 3.05) is 17.2 Å². The van der Waals surface area contributed by atoms with Crippen molar-refractivity contribution in [1.29, 1.82) is 0 Å². The fourth-order valence-corrected chi connectivity index (χ4v) is 3.94. The Bertz CT molecular complexity index is 815. The van der Waals surface area contributed by atoms with Crippen molar-refractivity contribution in [1.82, 2.24) is 4.98 Å². The van der Waals surface area contributed by atoms with Crippen molar-refractivity contribution in [3.05, 3.63) is 24.1 Å². The number of hydrogen-bond acceptors (Lipinski definition) is 5. The summed E-state index contributed by atoms with van der Waals surface area (Å²) in [6, 6.07) is 5.30. The second-order valence-electron chi connectivity index (χ2n) is 5.16. The summed E-state index contributed by atoms with van der Waals surface area (Å²) in [5.74, 6) is -0.0374. The third kappa shape index (κ3) is 3.03. The molecule has 21 heavy (non-hydrogen) atoms. The third-order valence-electron chi connectivity index (χ3n) is 3.43. The molecule has 0 aliphatic carbocycles. The summed E-state index contributed by atoms with van der Waals surface area (Å²) in [5.41, 5.74) is 2.01. The molecule has 0 saturated carbocycles. The molecule has 6 nitrogen and oxygen atoms in total. The molecule has 1 aliphatic heterocycles. The standard InChI is InChI=1S/C13H13ClN2O4S/c1-8-15-11-3-2-10(5-12(11)20-8)16-6-9(4-13(16)17)7-21(14,18)19/h2-3,5,9H,4,6-7H2,1H3. The van der Waals surface area contributed by atoms with Crippen LogP contribution >= 0.6 is 10.7 Å². The summed E-state index contributed by atoms with van der Waals surface area (Å²) in [6.07, 6.45) is 0.180. The molecule has 2 aromatic rings. The van der Waals surface area contributed by atoms with Crippen molar-refractivity contribution in [2.45, 2.75) is 13.3 Å². The van der Waals surface area contributed by atoms with E-state index in [-0.39, 0.29) is 24.0 Å². The van der Waals surface area contributed by atoms with E-state index in [2.05, 4.69) is 4.98 Å². The van der Waals surface area contributed by atoms with Crippen LogP contribution in [0, 0.1) is 12.8 Å². The first-order valence-corrected chi connectivity index (χ1v) is 8.89. The van der Waals surface area contributed by atoms with Crippen LogP contribution in [-0.2, 0) is 13.8 Å². The predicted molar refractivity (Wildman–Crippen MR) is 78.8 cm³/mol. The molecule has 1 aromatic heterocycles. The first-order valence-electron chi connectivity index (χ1n) is 6.42. The normalized spacial score (nSPS) is 19.6. The lowest BCUT2D eigenvalue weighted by molar-refractivity contribution is -0.117. The molecule has 1 aliphatic rings. The fraction of sp³-hybridized carbons (Fsp3) is 0.385. The van der Waals surface area contributed by atoms with Crippen molar-refractivity contribution < 1.29 is 17.6 Å². The number of nitrogens with zero attached hydrogens (tertiary/aromatic N) is 2. The van der Waals surface area contributed by atoms with Crippen LogP contribution in [0.25, 0.3) is 11.1 Å². The zero-order valence-electron chi connectivity index (χ0n) is 11.2. The molecule has 1 atom stereocenters. The summed E-state index contributed by atoms with van der Waals surface area (Å²) in [7, 11) is 1.65. The Balaban J connectivity index is 1.86. The predicted octanol–water partition coefficient (Wildman–Crippen LogP) is 2.06. The van der Waals surface area contributed by atoms with Gasteiger partial charge in [0.05, 0.1) is 5.75 Å². The molecule has 1 unspecified atom stereocenters. The summed E-state index contributed by atoms with van der Waals surface area (Å²) >= 11 is 0. The Hall–Kier alpha value is -1.60. The van der Waals surface area contributed by atoms with Crippen LogP contribution in [0.15, 0.2) is 22.6 Å². The number of aromatic nitrogens is 1. The number of carbonyl (C=O) groups excluding carboxylic acids is 1. The quantitative estimate of drug-likeness (QED) is 0.806. The van der Waals surface area contributed by atoms with Crippen LogP contribution in [0.5, 0.6) is 0 Å². The van der Waals surface area contributed by atoms with Crippen LogP contribution in [0.1, 0.15) is 12.3 Å². The highest BCUT2D eigenvalue weighted by Crippen LogP contribution is 2.29. The SMILES string of the molecule is Cc1nc2ccc(N3CC(CS(=O)(=O)Cl)CC3=O)cc2o1. The Morgan fingerprint density at radius 1 is 1.48 bits per heavy atom. The van der Waals surface area contributed by atoms with Crippen LogP contribution in [0.2, 0.25) is 0 Å². The first kappa shape index (κ1) is 14.3. The Kier molecular flexibility index (Phi) is 3.41. The van der Waals surface area contributed by atoms with E-state index in [1.165, 1.54) is 0 Å². The zero-order chi connectivity index (χ0) is 15.2. The summed E-state index contributed by atoms with van der Waals surface area (Å²) in [6.45, 7) is 2.09. The molecular formula is C13H13ClN2O4S. The lowest BCUT2D eigenvalue weighted by Gasteiger charge is -2.16. The lowest BCUT2D eigenvalue weighted by Crippen LogP contribution is -2.25. The Morgan fingerprint density at radius 3 is 2.95 bits per heavy atom. The molecule has 8 heteroatoms. The minimum Gasteiger partial charge on any atom is -0.441 e. The van der Waals surface area contributed by atoms with E-state index in [0.717, 1.165) is 5.52 Å². The van der Waals surface area contributed by atoms with Gasteiger partial charge in [-0.2, -0.15) is 0 Å². The van der Waals surface area contributed by atoms with Crippen molar-refractivity contribution >= 4 is 42.4 Å². The molecule has 0 spiro atoms. The molecular weight excluding hydrogens is 316 g/mol. The number of benzene rings is 1. The number of halogens is 1. The largest absolute Gasteiger partial charge is 0.441 e. The molecule has 3 rings (SSSR count). The summed E-state index contributed by atoms with van der Waals surface area (Å²) in [5, 5.41) is 0. The number of carbonyl (C=O) groups is 1. The molecule has 1 fully saturated rings. The average molecular weight is 329 g/mol. The maximum absolute atomic E-state index is 12.1. The minimum atomic E-state index is -3.60. The van der Waals surface area contributed by atoms with Gasteiger partial charge < -0.3 is 9.32 Å². The van der Waals surface area contributed by atoms with Crippen molar-refractivity contribution in [3.63, 3.8) is 0 Å². The number of anilines is 1. The number of fused-ring (bicyclic) bond motifs is 1. The highest BCUT2D eigenvalue weighted by Gasteiger charge is 2.33. The molecule has 1 aromatic carbocycles. The molecule has 2 heterocycles. The number of rotatable bonds is 3. The second-order valence-corrected chi connectivity index (χ2v) is 7.99.